The van der Waals surface area contributed by atoms with Crippen molar-refractivity contribution in [1.29, 1.82) is 0 Å². The maximum atomic E-state index is 9.32. The van der Waals surface area contributed by atoms with Crippen molar-refractivity contribution in [2.75, 3.05) is 0 Å². The second kappa shape index (κ2) is 10.1. The van der Waals surface area contributed by atoms with Crippen LogP contribution in [0.3, 0.4) is 0 Å². The SMILES string of the molecule is CC(C)(C)c1ccccc1[I+]c1ccccc1C(C)(C)C.O=C([O-])C(Cl)Cl. The normalized spacial score (nSPS) is 11.7. The first-order valence-corrected chi connectivity index (χ1v) is 11.7. The molecule has 0 aliphatic heterocycles. The number of hydrogen-bond acceptors (Lipinski definition) is 2. The number of carbonyl (C=O) groups excluding carboxylic acids is 1. The molecule has 27 heavy (non-hydrogen) atoms. The van der Waals surface area contributed by atoms with Gasteiger partial charge in [0, 0.05) is 11.1 Å². The smallest absolute Gasteiger partial charge is 0.358 e. The summed E-state index contributed by atoms with van der Waals surface area (Å²) in [5.74, 6) is -1.46. The molecule has 0 saturated heterocycles. The van der Waals surface area contributed by atoms with Crippen molar-refractivity contribution in [3.63, 3.8) is 0 Å². The van der Waals surface area contributed by atoms with Crippen LogP contribution in [0.1, 0.15) is 52.7 Å². The third-order valence-corrected chi connectivity index (χ3v) is 7.15. The van der Waals surface area contributed by atoms with Crippen LogP contribution in [0, 0.1) is 7.14 Å². The first kappa shape index (κ1) is 24.3. The molecule has 0 aliphatic rings. The zero-order chi connectivity index (χ0) is 20.8. The Labute approximate surface area is 183 Å². The molecule has 0 aromatic heterocycles. The minimum absolute atomic E-state index is 0.147. The van der Waals surface area contributed by atoms with Crippen molar-refractivity contribution in [3.05, 3.63) is 66.8 Å². The largest absolute Gasteiger partial charge is 0.547 e. The van der Waals surface area contributed by atoms with E-state index in [0.717, 1.165) is 0 Å². The third-order valence-electron chi connectivity index (χ3n) is 3.75. The topological polar surface area (TPSA) is 40.1 Å². The van der Waals surface area contributed by atoms with Crippen LogP contribution in [0.4, 0.5) is 0 Å². The van der Waals surface area contributed by atoms with Crippen LogP contribution in [0.25, 0.3) is 0 Å². The third kappa shape index (κ3) is 8.00. The Balaban J connectivity index is 0.000000527. The van der Waals surface area contributed by atoms with Crippen LogP contribution < -0.4 is 26.3 Å². The molecule has 0 radical (unpaired) electrons. The maximum Gasteiger partial charge on any atom is 0.358 e. The number of halogens is 3. The lowest BCUT2D eigenvalue weighted by Crippen LogP contribution is -3.62. The molecule has 2 nitrogen and oxygen atoms in total. The predicted octanol–water partition coefficient (Wildman–Crippen LogP) is 1.95. The molecular weight excluding hydrogens is 494 g/mol. The van der Waals surface area contributed by atoms with Gasteiger partial charge in [0.2, 0.25) is 0 Å². The molecule has 0 unspecified atom stereocenters. The first-order chi connectivity index (χ1) is 12.3. The van der Waals surface area contributed by atoms with Crippen LogP contribution in [0.15, 0.2) is 48.5 Å². The molecule has 0 N–H and O–H groups in total. The molecule has 0 fully saturated rings. The zero-order valence-corrected chi connectivity index (χ0v) is 20.3. The monoisotopic (exact) mass is 520 g/mol. The van der Waals surface area contributed by atoms with E-state index in [-0.39, 0.29) is 32.0 Å². The highest BCUT2D eigenvalue weighted by Gasteiger charge is 2.30. The molecule has 0 aliphatic carbocycles. The Morgan fingerprint density at radius 3 is 1.37 bits per heavy atom. The fourth-order valence-corrected chi connectivity index (χ4v) is 6.37. The van der Waals surface area contributed by atoms with Crippen molar-refractivity contribution >= 4 is 29.2 Å². The molecule has 0 saturated carbocycles. The minimum atomic E-state index is -1.46. The van der Waals surface area contributed by atoms with Gasteiger partial charge in [0.1, 0.15) is 4.84 Å². The average molecular weight is 521 g/mol. The molecule has 0 atom stereocenters. The first-order valence-electron chi connectivity index (χ1n) is 8.67. The van der Waals surface area contributed by atoms with Crippen LogP contribution >= 0.6 is 23.2 Å². The quantitative estimate of drug-likeness (QED) is 0.458. The van der Waals surface area contributed by atoms with E-state index in [4.69, 9.17) is 23.2 Å². The number of carboxylic acids is 1. The Bertz CT molecular complexity index is 704. The van der Waals surface area contributed by atoms with Crippen molar-refractivity contribution in [3.8, 4) is 0 Å². The van der Waals surface area contributed by atoms with Crippen molar-refractivity contribution in [1.82, 2.24) is 0 Å². The fourth-order valence-electron chi connectivity index (χ4n) is 2.41. The van der Waals surface area contributed by atoms with E-state index in [1.165, 1.54) is 11.1 Å². The molecule has 2 aromatic carbocycles. The minimum Gasteiger partial charge on any atom is -0.547 e. The van der Waals surface area contributed by atoms with E-state index >= 15 is 0 Å². The van der Waals surface area contributed by atoms with E-state index in [1.54, 1.807) is 7.14 Å². The summed E-state index contributed by atoms with van der Waals surface area (Å²) >= 11 is 9.29. The molecule has 0 heterocycles. The Kier molecular flexibility index (Phi) is 9.10. The summed E-state index contributed by atoms with van der Waals surface area (Å²) in [6, 6.07) is 18.0. The number of aliphatic carboxylic acids is 1. The van der Waals surface area contributed by atoms with Gasteiger partial charge in [-0.1, -0.05) is 101 Å². The number of benzene rings is 2. The highest BCUT2D eigenvalue weighted by atomic mass is 127. The zero-order valence-electron chi connectivity index (χ0n) is 16.6. The van der Waals surface area contributed by atoms with E-state index in [2.05, 4.69) is 90.1 Å². The Hall–Kier alpha value is -0.780. The highest BCUT2D eigenvalue weighted by Crippen LogP contribution is 2.23. The van der Waals surface area contributed by atoms with Gasteiger partial charge in [-0.3, -0.25) is 0 Å². The maximum absolute atomic E-state index is 9.32. The number of carboxylic acid groups (broad SMARTS) is 1. The van der Waals surface area contributed by atoms with Crippen molar-refractivity contribution < 1.29 is 31.1 Å². The lowest BCUT2D eigenvalue weighted by atomic mass is 9.87. The number of carbonyl (C=O) groups is 1. The highest BCUT2D eigenvalue weighted by molar-refractivity contribution is 6.52. The summed E-state index contributed by atoms with van der Waals surface area (Å²) in [5.41, 5.74) is 3.43. The molecular formula is C22H27Cl2IO2. The molecule has 2 aromatic rings. The molecule has 148 valence electrons. The standard InChI is InChI=1S/C20H26I.C2H2Cl2O2/c1-19(2,3)15-11-7-9-13-17(15)21-18-14-10-8-12-16(18)20(4,5)6;3-1(4)2(5)6/h7-14H,1-6H3;1H,(H,5,6)/q+1;/p-1. The summed E-state index contributed by atoms with van der Waals surface area (Å²) in [6.07, 6.45) is 0. The molecule has 0 spiro atoms. The van der Waals surface area contributed by atoms with Gasteiger partial charge in [-0.25, -0.2) is 0 Å². The molecule has 5 heteroatoms. The van der Waals surface area contributed by atoms with Gasteiger partial charge in [0.25, 0.3) is 0 Å². The molecule has 0 bridgehead atoms. The van der Waals surface area contributed by atoms with E-state index in [9.17, 15) is 9.90 Å². The Morgan fingerprint density at radius 1 is 0.815 bits per heavy atom. The van der Waals surface area contributed by atoms with E-state index in [1.807, 2.05) is 0 Å². The summed E-state index contributed by atoms with van der Waals surface area (Å²) in [6.45, 7) is 13.9. The lowest BCUT2D eigenvalue weighted by Gasteiger charge is -2.20. The second-order valence-corrected chi connectivity index (χ2v) is 12.1. The predicted molar refractivity (Wildman–Crippen MR) is 108 cm³/mol. The van der Waals surface area contributed by atoms with E-state index < -0.39 is 10.8 Å². The van der Waals surface area contributed by atoms with Gasteiger partial charge < -0.3 is 9.90 Å². The average Bonchev–Trinajstić information content (AvgIpc) is 2.54. The summed E-state index contributed by atoms with van der Waals surface area (Å²) in [4.78, 5) is 7.93. The fraction of sp³-hybridized carbons (Fsp3) is 0.409. The van der Waals surface area contributed by atoms with Crippen molar-refractivity contribution in [2.24, 2.45) is 0 Å². The number of rotatable bonds is 3. The van der Waals surface area contributed by atoms with Gasteiger partial charge in [-0.05, 0) is 23.0 Å². The molecule has 2 rings (SSSR count). The Morgan fingerprint density at radius 2 is 1.11 bits per heavy atom. The van der Waals surface area contributed by atoms with Gasteiger partial charge in [0.15, 0.2) is 7.14 Å². The van der Waals surface area contributed by atoms with Crippen molar-refractivity contribution in [2.45, 2.75) is 57.2 Å². The number of alkyl halides is 2. The second-order valence-electron chi connectivity index (χ2n) is 8.17. The van der Waals surface area contributed by atoms with Crippen LogP contribution in [0.2, 0.25) is 0 Å². The van der Waals surface area contributed by atoms with E-state index in [0.29, 0.717) is 0 Å². The van der Waals surface area contributed by atoms with Crippen LogP contribution in [0.5, 0.6) is 0 Å². The van der Waals surface area contributed by atoms with Gasteiger partial charge in [-0.2, -0.15) is 0 Å². The summed E-state index contributed by atoms with van der Waals surface area (Å²) in [5, 5.41) is 9.32. The lowest BCUT2D eigenvalue weighted by molar-refractivity contribution is -0.599. The summed E-state index contributed by atoms with van der Waals surface area (Å²) in [7, 11) is 0. The summed E-state index contributed by atoms with van der Waals surface area (Å²) < 4.78 is 3.11. The van der Waals surface area contributed by atoms with Crippen LogP contribution in [-0.2, 0) is 15.6 Å². The number of hydrogen-bond donors (Lipinski definition) is 0. The molecule has 0 amide bonds. The van der Waals surface area contributed by atoms with Gasteiger partial charge >= 0.3 is 21.2 Å². The van der Waals surface area contributed by atoms with Crippen LogP contribution in [-0.4, -0.2) is 10.8 Å². The van der Waals surface area contributed by atoms with Gasteiger partial charge in [-0.15, -0.1) is 0 Å². The van der Waals surface area contributed by atoms with Gasteiger partial charge in [0.05, 0.1) is 5.97 Å².